The summed E-state index contributed by atoms with van der Waals surface area (Å²) in [6.07, 6.45) is 8.45. The van der Waals surface area contributed by atoms with Gasteiger partial charge in [-0.25, -0.2) is 9.18 Å². The van der Waals surface area contributed by atoms with E-state index in [4.69, 9.17) is 5.11 Å². The molecule has 3 nitrogen and oxygen atoms in total. The lowest BCUT2D eigenvalue weighted by atomic mass is 9.96. The van der Waals surface area contributed by atoms with Gasteiger partial charge in [-0.3, -0.25) is 0 Å². The Kier molecular flexibility index (Phi) is 4.77. The fourth-order valence-corrected chi connectivity index (χ4v) is 2.61. The SMILES string of the molecule is O=C(O)c1ccc(NC2CCCCCCC2)cc1F. The van der Waals surface area contributed by atoms with Crippen LogP contribution in [-0.2, 0) is 0 Å². The van der Waals surface area contributed by atoms with Gasteiger partial charge in [0.2, 0.25) is 0 Å². The number of aromatic carboxylic acids is 1. The number of halogens is 1. The Morgan fingerprint density at radius 3 is 2.37 bits per heavy atom. The van der Waals surface area contributed by atoms with Gasteiger partial charge in [-0.2, -0.15) is 0 Å². The molecule has 0 bridgehead atoms. The standard InChI is InChI=1S/C15H20FNO2/c16-14-10-12(8-9-13(14)15(18)19)17-11-6-4-2-1-3-5-7-11/h8-11,17H,1-7H2,(H,18,19). The van der Waals surface area contributed by atoms with Crippen molar-refractivity contribution in [2.75, 3.05) is 5.32 Å². The first-order chi connectivity index (χ1) is 9.16. The lowest BCUT2D eigenvalue weighted by molar-refractivity contribution is 0.0692. The van der Waals surface area contributed by atoms with Crippen LogP contribution < -0.4 is 5.32 Å². The molecule has 1 aromatic rings. The van der Waals surface area contributed by atoms with E-state index in [0.717, 1.165) is 12.8 Å². The van der Waals surface area contributed by atoms with Crippen molar-refractivity contribution in [2.45, 2.75) is 51.0 Å². The van der Waals surface area contributed by atoms with Crippen LogP contribution in [0.15, 0.2) is 18.2 Å². The summed E-state index contributed by atoms with van der Waals surface area (Å²) in [6, 6.07) is 4.62. The van der Waals surface area contributed by atoms with Gasteiger partial charge in [0, 0.05) is 11.7 Å². The van der Waals surface area contributed by atoms with E-state index in [1.54, 1.807) is 6.07 Å². The molecule has 1 saturated carbocycles. The Bertz CT molecular complexity index is 440. The van der Waals surface area contributed by atoms with Crippen LogP contribution in [0.1, 0.15) is 55.3 Å². The monoisotopic (exact) mass is 265 g/mol. The van der Waals surface area contributed by atoms with E-state index in [2.05, 4.69) is 5.32 Å². The first-order valence-electron chi connectivity index (χ1n) is 6.96. The maximum atomic E-state index is 13.6. The zero-order valence-corrected chi connectivity index (χ0v) is 11.0. The maximum Gasteiger partial charge on any atom is 0.338 e. The van der Waals surface area contributed by atoms with E-state index in [-0.39, 0.29) is 5.56 Å². The third-order valence-electron chi connectivity index (χ3n) is 3.68. The van der Waals surface area contributed by atoms with E-state index in [1.165, 1.54) is 44.2 Å². The summed E-state index contributed by atoms with van der Waals surface area (Å²) in [5.41, 5.74) is 0.399. The molecule has 1 fully saturated rings. The molecule has 19 heavy (non-hydrogen) atoms. The highest BCUT2D eigenvalue weighted by atomic mass is 19.1. The second-order valence-corrected chi connectivity index (χ2v) is 5.19. The summed E-state index contributed by atoms with van der Waals surface area (Å²) >= 11 is 0. The van der Waals surface area contributed by atoms with Crippen LogP contribution in [0.4, 0.5) is 10.1 Å². The van der Waals surface area contributed by atoms with Crippen molar-refractivity contribution in [3.63, 3.8) is 0 Å². The van der Waals surface area contributed by atoms with E-state index >= 15 is 0 Å². The first-order valence-corrected chi connectivity index (χ1v) is 6.96. The number of benzene rings is 1. The normalized spacial score (nSPS) is 17.5. The largest absolute Gasteiger partial charge is 0.478 e. The van der Waals surface area contributed by atoms with Gasteiger partial charge in [0.15, 0.2) is 0 Å². The van der Waals surface area contributed by atoms with Gasteiger partial charge in [0.25, 0.3) is 0 Å². The van der Waals surface area contributed by atoms with Gasteiger partial charge in [0.1, 0.15) is 5.82 Å². The van der Waals surface area contributed by atoms with Crippen molar-refractivity contribution >= 4 is 11.7 Å². The predicted molar refractivity (Wildman–Crippen MR) is 73.1 cm³/mol. The van der Waals surface area contributed by atoms with Crippen LogP contribution in [0, 0.1) is 5.82 Å². The fraction of sp³-hybridized carbons (Fsp3) is 0.533. The van der Waals surface area contributed by atoms with Crippen molar-refractivity contribution in [1.82, 2.24) is 0 Å². The first kappa shape index (κ1) is 13.8. The molecule has 2 rings (SSSR count). The predicted octanol–water partition coefficient (Wildman–Crippen LogP) is 4.05. The molecule has 0 amide bonds. The molecule has 0 aliphatic heterocycles. The maximum absolute atomic E-state index is 13.6. The number of rotatable bonds is 3. The molecule has 4 heteroatoms. The van der Waals surface area contributed by atoms with Crippen LogP contribution in [0.2, 0.25) is 0 Å². The fourth-order valence-electron chi connectivity index (χ4n) is 2.61. The van der Waals surface area contributed by atoms with Crippen LogP contribution in [-0.4, -0.2) is 17.1 Å². The Labute approximate surface area is 112 Å². The second kappa shape index (κ2) is 6.55. The summed E-state index contributed by atoms with van der Waals surface area (Å²) in [6.45, 7) is 0. The summed E-state index contributed by atoms with van der Waals surface area (Å²) in [7, 11) is 0. The van der Waals surface area contributed by atoms with Crippen molar-refractivity contribution in [2.24, 2.45) is 0 Å². The van der Waals surface area contributed by atoms with Crippen molar-refractivity contribution in [1.29, 1.82) is 0 Å². The second-order valence-electron chi connectivity index (χ2n) is 5.19. The van der Waals surface area contributed by atoms with Gasteiger partial charge in [-0.05, 0) is 31.0 Å². The number of hydrogen-bond acceptors (Lipinski definition) is 2. The number of carbonyl (C=O) groups is 1. The zero-order valence-electron chi connectivity index (χ0n) is 11.0. The smallest absolute Gasteiger partial charge is 0.338 e. The summed E-state index contributed by atoms with van der Waals surface area (Å²) in [5, 5.41) is 12.1. The minimum absolute atomic E-state index is 0.275. The summed E-state index contributed by atoms with van der Waals surface area (Å²) in [5.74, 6) is -1.90. The third-order valence-corrected chi connectivity index (χ3v) is 3.68. The molecule has 0 atom stereocenters. The Morgan fingerprint density at radius 2 is 1.79 bits per heavy atom. The number of carboxylic acids is 1. The molecular weight excluding hydrogens is 245 g/mol. The van der Waals surface area contributed by atoms with E-state index < -0.39 is 11.8 Å². The topological polar surface area (TPSA) is 49.3 Å². The van der Waals surface area contributed by atoms with Crippen LogP contribution in [0.3, 0.4) is 0 Å². The van der Waals surface area contributed by atoms with E-state index in [9.17, 15) is 9.18 Å². The zero-order chi connectivity index (χ0) is 13.7. The Balaban J connectivity index is 2.01. The molecule has 1 aliphatic rings. The lowest BCUT2D eigenvalue weighted by Crippen LogP contribution is -2.20. The Morgan fingerprint density at radius 1 is 1.16 bits per heavy atom. The van der Waals surface area contributed by atoms with Crippen LogP contribution in [0.5, 0.6) is 0 Å². The van der Waals surface area contributed by atoms with Gasteiger partial charge in [0.05, 0.1) is 5.56 Å². The molecule has 2 N–H and O–H groups in total. The average Bonchev–Trinajstić information content (AvgIpc) is 2.32. The summed E-state index contributed by atoms with van der Waals surface area (Å²) < 4.78 is 13.6. The minimum Gasteiger partial charge on any atom is -0.478 e. The minimum atomic E-state index is -1.23. The van der Waals surface area contributed by atoms with Crippen LogP contribution >= 0.6 is 0 Å². The molecule has 0 heterocycles. The van der Waals surface area contributed by atoms with Crippen molar-refractivity contribution < 1.29 is 14.3 Å². The van der Waals surface area contributed by atoms with Crippen LogP contribution in [0.25, 0.3) is 0 Å². The van der Waals surface area contributed by atoms with E-state index in [1.807, 2.05) is 0 Å². The molecule has 1 aliphatic carbocycles. The highest BCUT2D eigenvalue weighted by molar-refractivity contribution is 5.88. The Hall–Kier alpha value is -1.58. The highest BCUT2D eigenvalue weighted by Crippen LogP contribution is 2.22. The number of nitrogens with one attached hydrogen (secondary N) is 1. The van der Waals surface area contributed by atoms with Gasteiger partial charge >= 0.3 is 5.97 Å². The van der Waals surface area contributed by atoms with Crippen molar-refractivity contribution in [3.05, 3.63) is 29.6 Å². The molecule has 0 saturated heterocycles. The number of anilines is 1. The number of carboxylic acid groups (broad SMARTS) is 1. The number of hydrogen-bond donors (Lipinski definition) is 2. The summed E-state index contributed by atoms with van der Waals surface area (Å²) in [4.78, 5) is 10.7. The quantitative estimate of drug-likeness (QED) is 0.866. The lowest BCUT2D eigenvalue weighted by Gasteiger charge is -2.22. The van der Waals surface area contributed by atoms with Crippen molar-refractivity contribution in [3.8, 4) is 0 Å². The molecule has 0 unspecified atom stereocenters. The molecule has 0 spiro atoms. The van der Waals surface area contributed by atoms with Gasteiger partial charge in [-0.15, -0.1) is 0 Å². The van der Waals surface area contributed by atoms with E-state index in [0.29, 0.717) is 11.7 Å². The highest BCUT2D eigenvalue weighted by Gasteiger charge is 2.14. The van der Waals surface area contributed by atoms with Gasteiger partial charge in [-0.1, -0.05) is 32.1 Å². The van der Waals surface area contributed by atoms with Gasteiger partial charge < -0.3 is 10.4 Å². The molecule has 0 aromatic heterocycles. The molecule has 0 radical (unpaired) electrons. The third kappa shape index (κ3) is 3.94. The molecule has 104 valence electrons. The molecular formula is C15H20FNO2. The average molecular weight is 265 g/mol. The molecule has 1 aromatic carbocycles.